The first kappa shape index (κ1) is 16.3. The van der Waals surface area contributed by atoms with Gasteiger partial charge in [0.1, 0.15) is 12.4 Å². The van der Waals surface area contributed by atoms with Crippen LogP contribution in [0, 0.1) is 5.92 Å². The highest BCUT2D eigenvalue weighted by molar-refractivity contribution is 7.89. The van der Waals surface area contributed by atoms with Gasteiger partial charge in [-0.1, -0.05) is 0 Å². The summed E-state index contributed by atoms with van der Waals surface area (Å²) >= 11 is 0. The summed E-state index contributed by atoms with van der Waals surface area (Å²) < 4.78 is 32.2. The highest BCUT2D eigenvalue weighted by Gasteiger charge is 2.33. The molecule has 0 saturated heterocycles. The highest BCUT2D eigenvalue weighted by atomic mass is 32.2. The molecule has 0 aliphatic heterocycles. The van der Waals surface area contributed by atoms with Gasteiger partial charge >= 0.3 is 0 Å². The molecule has 1 aromatic rings. The van der Waals surface area contributed by atoms with Gasteiger partial charge in [-0.15, -0.1) is 0 Å². The van der Waals surface area contributed by atoms with Crippen molar-refractivity contribution in [3.63, 3.8) is 0 Å². The summed E-state index contributed by atoms with van der Waals surface area (Å²) in [7, 11) is -3.46. The quantitative estimate of drug-likeness (QED) is 0.795. The molecule has 0 aromatic heterocycles. The van der Waals surface area contributed by atoms with Crippen LogP contribution in [0.2, 0.25) is 0 Å². The van der Waals surface area contributed by atoms with Crippen molar-refractivity contribution in [1.82, 2.24) is 4.31 Å². The lowest BCUT2D eigenvalue weighted by atomic mass is 10.3. The van der Waals surface area contributed by atoms with Crippen LogP contribution in [0.25, 0.3) is 0 Å². The molecule has 0 amide bonds. The van der Waals surface area contributed by atoms with E-state index in [9.17, 15) is 8.42 Å². The Hall–Kier alpha value is -1.11. The van der Waals surface area contributed by atoms with Gasteiger partial charge in [-0.25, -0.2) is 8.42 Å². The van der Waals surface area contributed by atoms with Crippen molar-refractivity contribution in [2.24, 2.45) is 5.92 Å². The Morgan fingerprint density at radius 3 is 2.38 bits per heavy atom. The van der Waals surface area contributed by atoms with Crippen LogP contribution in [0.15, 0.2) is 29.2 Å². The maximum Gasteiger partial charge on any atom is 0.243 e. The van der Waals surface area contributed by atoms with E-state index < -0.39 is 10.0 Å². The second-order valence-corrected chi connectivity index (χ2v) is 7.55. The van der Waals surface area contributed by atoms with Crippen LogP contribution >= 0.6 is 0 Å². The molecule has 0 radical (unpaired) electrons. The average molecular weight is 313 g/mol. The maximum absolute atomic E-state index is 12.7. The fraction of sp³-hybridized carbons (Fsp3) is 0.600. The number of aliphatic hydroxyl groups is 1. The second kappa shape index (κ2) is 6.77. The molecule has 0 spiro atoms. The summed E-state index contributed by atoms with van der Waals surface area (Å²) in [4.78, 5) is 0.285. The second-order valence-electron chi connectivity index (χ2n) is 5.66. The topological polar surface area (TPSA) is 66.8 Å². The van der Waals surface area contributed by atoms with Gasteiger partial charge in [0, 0.05) is 12.6 Å². The minimum absolute atomic E-state index is 0.0547. The summed E-state index contributed by atoms with van der Waals surface area (Å²) in [6.45, 7) is 4.54. The van der Waals surface area contributed by atoms with Crippen molar-refractivity contribution in [1.29, 1.82) is 0 Å². The van der Waals surface area contributed by atoms with Crippen LogP contribution in [-0.2, 0) is 10.0 Å². The molecular weight excluding hydrogens is 290 g/mol. The Morgan fingerprint density at radius 1 is 1.29 bits per heavy atom. The minimum Gasteiger partial charge on any atom is -0.491 e. The molecule has 5 nitrogen and oxygen atoms in total. The van der Waals surface area contributed by atoms with E-state index in [-0.39, 0.29) is 24.2 Å². The highest BCUT2D eigenvalue weighted by Crippen LogP contribution is 2.32. The lowest BCUT2D eigenvalue weighted by Gasteiger charge is -2.26. The fourth-order valence-electron chi connectivity index (χ4n) is 2.15. The first-order valence-corrected chi connectivity index (χ1v) is 8.74. The summed E-state index contributed by atoms with van der Waals surface area (Å²) in [5.74, 6) is 1.07. The molecule has 1 aliphatic carbocycles. The molecule has 2 rings (SSSR count). The SMILES string of the molecule is CC(C)N(CC1CC1)S(=O)(=O)c1ccc(OCCO)cc1. The number of aliphatic hydroxyl groups excluding tert-OH is 1. The Balaban J connectivity index is 2.16. The van der Waals surface area contributed by atoms with E-state index in [1.54, 1.807) is 28.6 Å². The number of sulfonamides is 1. The van der Waals surface area contributed by atoms with Crippen LogP contribution in [0.4, 0.5) is 0 Å². The predicted molar refractivity (Wildman–Crippen MR) is 80.8 cm³/mol. The van der Waals surface area contributed by atoms with E-state index in [1.165, 1.54) is 0 Å². The number of benzene rings is 1. The van der Waals surface area contributed by atoms with E-state index in [4.69, 9.17) is 9.84 Å². The fourth-order valence-corrected chi connectivity index (χ4v) is 3.86. The van der Waals surface area contributed by atoms with Gasteiger partial charge in [-0.2, -0.15) is 4.31 Å². The van der Waals surface area contributed by atoms with Crippen molar-refractivity contribution in [2.45, 2.75) is 37.6 Å². The minimum atomic E-state index is -3.46. The normalized spacial score (nSPS) is 15.7. The zero-order valence-corrected chi connectivity index (χ0v) is 13.3. The van der Waals surface area contributed by atoms with Crippen LogP contribution in [0.1, 0.15) is 26.7 Å². The molecule has 6 heteroatoms. The number of nitrogens with zero attached hydrogens (tertiary/aromatic N) is 1. The lowest BCUT2D eigenvalue weighted by molar-refractivity contribution is 0.201. The average Bonchev–Trinajstić information content (AvgIpc) is 3.26. The molecule has 0 unspecified atom stereocenters. The number of ether oxygens (including phenoxy) is 1. The maximum atomic E-state index is 12.7. The number of hydrogen-bond donors (Lipinski definition) is 1. The third-order valence-corrected chi connectivity index (χ3v) is 5.56. The molecule has 1 N–H and O–H groups in total. The Bertz CT molecular complexity index is 550. The van der Waals surface area contributed by atoms with E-state index >= 15 is 0 Å². The van der Waals surface area contributed by atoms with Gasteiger partial charge < -0.3 is 9.84 Å². The summed E-state index contributed by atoms with van der Waals surface area (Å²) in [5, 5.41) is 8.71. The van der Waals surface area contributed by atoms with E-state index in [2.05, 4.69) is 0 Å². The largest absolute Gasteiger partial charge is 0.491 e. The molecular formula is C15H23NO4S. The van der Waals surface area contributed by atoms with Crippen molar-refractivity contribution in [2.75, 3.05) is 19.8 Å². The standard InChI is InChI=1S/C15H23NO4S/c1-12(2)16(11-13-3-4-13)21(18,19)15-7-5-14(6-8-15)20-10-9-17/h5-8,12-13,17H,3-4,9-11H2,1-2H3. The van der Waals surface area contributed by atoms with Gasteiger partial charge in [0.05, 0.1) is 11.5 Å². The number of rotatable bonds is 8. The number of hydrogen-bond acceptors (Lipinski definition) is 4. The third kappa shape index (κ3) is 4.18. The van der Waals surface area contributed by atoms with Crippen LogP contribution in [0.5, 0.6) is 5.75 Å². The molecule has 0 atom stereocenters. The Morgan fingerprint density at radius 2 is 1.90 bits per heavy atom. The first-order valence-electron chi connectivity index (χ1n) is 7.30. The molecule has 1 fully saturated rings. The lowest BCUT2D eigenvalue weighted by Crippen LogP contribution is -2.38. The zero-order chi connectivity index (χ0) is 15.5. The van der Waals surface area contributed by atoms with Gasteiger partial charge in [-0.3, -0.25) is 0 Å². The van der Waals surface area contributed by atoms with Crippen molar-refractivity contribution in [3.8, 4) is 5.75 Å². The molecule has 1 aliphatic rings. The third-order valence-electron chi connectivity index (χ3n) is 3.50. The van der Waals surface area contributed by atoms with Crippen LogP contribution in [0.3, 0.4) is 0 Å². The predicted octanol–water partition coefficient (Wildman–Crippen LogP) is 1.87. The summed E-state index contributed by atoms with van der Waals surface area (Å²) in [5.41, 5.74) is 0. The van der Waals surface area contributed by atoms with Crippen LogP contribution in [-0.4, -0.2) is 43.6 Å². The molecule has 21 heavy (non-hydrogen) atoms. The Kier molecular flexibility index (Phi) is 5.24. The summed E-state index contributed by atoms with van der Waals surface area (Å²) in [6, 6.07) is 6.31. The van der Waals surface area contributed by atoms with E-state index in [1.807, 2.05) is 13.8 Å². The van der Waals surface area contributed by atoms with E-state index in [0.29, 0.717) is 18.2 Å². The van der Waals surface area contributed by atoms with Gasteiger partial charge in [0.15, 0.2) is 0 Å². The van der Waals surface area contributed by atoms with Gasteiger partial charge in [-0.05, 0) is 56.9 Å². The molecule has 0 bridgehead atoms. The first-order chi connectivity index (χ1) is 9.95. The van der Waals surface area contributed by atoms with Crippen molar-refractivity contribution >= 4 is 10.0 Å². The molecule has 0 heterocycles. The zero-order valence-electron chi connectivity index (χ0n) is 12.5. The van der Waals surface area contributed by atoms with Crippen molar-refractivity contribution < 1.29 is 18.3 Å². The van der Waals surface area contributed by atoms with Gasteiger partial charge in [0.25, 0.3) is 0 Å². The molecule has 118 valence electrons. The monoisotopic (exact) mass is 313 g/mol. The Labute approximate surface area is 126 Å². The van der Waals surface area contributed by atoms with Gasteiger partial charge in [0.2, 0.25) is 10.0 Å². The molecule has 1 aromatic carbocycles. The summed E-state index contributed by atoms with van der Waals surface area (Å²) in [6.07, 6.45) is 2.24. The van der Waals surface area contributed by atoms with Crippen LogP contribution < -0.4 is 4.74 Å². The molecule has 1 saturated carbocycles. The van der Waals surface area contributed by atoms with Crippen molar-refractivity contribution in [3.05, 3.63) is 24.3 Å². The van der Waals surface area contributed by atoms with E-state index in [0.717, 1.165) is 12.8 Å². The smallest absolute Gasteiger partial charge is 0.243 e.